The highest BCUT2D eigenvalue weighted by atomic mass is 79.9. The molecule has 0 amide bonds. The van der Waals surface area contributed by atoms with Gasteiger partial charge in [0.1, 0.15) is 23.0 Å². The third kappa shape index (κ3) is 2.68. The van der Waals surface area contributed by atoms with E-state index in [1.165, 1.54) is 5.56 Å². The van der Waals surface area contributed by atoms with Crippen LogP contribution in [0.25, 0.3) is 11.1 Å². The van der Waals surface area contributed by atoms with Crippen LogP contribution in [0.4, 0.5) is 0 Å². The van der Waals surface area contributed by atoms with Crippen molar-refractivity contribution < 1.29 is 9.47 Å². The number of rotatable bonds is 1. The second-order valence-corrected chi connectivity index (χ2v) is 9.58. The van der Waals surface area contributed by atoms with Gasteiger partial charge in [0.15, 0.2) is 0 Å². The van der Waals surface area contributed by atoms with Gasteiger partial charge in [-0.25, -0.2) is 0 Å². The molecule has 34 heavy (non-hydrogen) atoms. The van der Waals surface area contributed by atoms with Crippen LogP contribution < -0.4 is 9.47 Å². The average Bonchev–Trinajstić information content (AvgIpc) is 2.89. The van der Waals surface area contributed by atoms with Crippen LogP contribution >= 0.6 is 15.9 Å². The first-order valence-electron chi connectivity index (χ1n) is 11.3. The van der Waals surface area contributed by atoms with E-state index in [0.29, 0.717) is 0 Å². The molecular weight excluding hydrogens is 484 g/mol. The third-order valence-electron chi connectivity index (χ3n) is 6.86. The Balaban J connectivity index is 1.65. The van der Waals surface area contributed by atoms with Crippen molar-refractivity contribution in [2.24, 2.45) is 0 Å². The topological polar surface area (TPSA) is 18.5 Å². The summed E-state index contributed by atoms with van der Waals surface area (Å²) in [4.78, 5) is 0. The fourth-order valence-electron chi connectivity index (χ4n) is 5.44. The van der Waals surface area contributed by atoms with Gasteiger partial charge >= 0.3 is 0 Å². The van der Waals surface area contributed by atoms with Crippen LogP contribution in [0.1, 0.15) is 22.3 Å². The van der Waals surface area contributed by atoms with E-state index in [1.54, 1.807) is 0 Å². The Hall–Kier alpha value is -3.82. The van der Waals surface area contributed by atoms with E-state index in [2.05, 4.69) is 107 Å². The summed E-state index contributed by atoms with van der Waals surface area (Å²) in [6.07, 6.45) is 0. The maximum absolute atomic E-state index is 6.50. The van der Waals surface area contributed by atoms with Gasteiger partial charge in [-0.2, -0.15) is 0 Å². The molecule has 1 unspecified atom stereocenters. The normalized spacial score (nSPS) is 17.0. The van der Waals surface area contributed by atoms with Crippen molar-refractivity contribution in [1.29, 1.82) is 0 Å². The van der Waals surface area contributed by atoms with Gasteiger partial charge in [-0.15, -0.1) is 0 Å². The molecule has 0 fully saturated rings. The van der Waals surface area contributed by atoms with E-state index in [1.807, 2.05) is 24.3 Å². The predicted molar refractivity (Wildman–Crippen MR) is 138 cm³/mol. The Kier molecular flexibility index (Phi) is 4.24. The van der Waals surface area contributed by atoms with Crippen molar-refractivity contribution in [1.82, 2.24) is 0 Å². The molecule has 1 atom stereocenters. The summed E-state index contributed by atoms with van der Waals surface area (Å²) in [5.41, 5.74) is 6.19. The molecule has 0 saturated carbocycles. The summed E-state index contributed by atoms with van der Waals surface area (Å²) in [7, 11) is 0. The zero-order chi connectivity index (χ0) is 22.7. The molecule has 162 valence electrons. The van der Waals surface area contributed by atoms with E-state index in [4.69, 9.17) is 9.47 Å². The van der Waals surface area contributed by atoms with Crippen LogP contribution in [0, 0.1) is 0 Å². The number of hydrogen-bond donors (Lipinski definition) is 0. The summed E-state index contributed by atoms with van der Waals surface area (Å²) >= 11 is 3.72. The third-order valence-corrected chi connectivity index (χ3v) is 7.35. The van der Waals surface area contributed by atoms with Gasteiger partial charge in [0, 0.05) is 26.7 Å². The van der Waals surface area contributed by atoms with Crippen LogP contribution in [0.5, 0.6) is 23.0 Å². The quantitative estimate of drug-likeness (QED) is 0.223. The van der Waals surface area contributed by atoms with Crippen LogP contribution in [-0.2, 0) is 5.41 Å². The van der Waals surface area contributed by atoms with Crippen LogP contribution in [-0.4, -0.2) is 0 Å². The Morgan fingerprint density at radius 3 is 1.65 bits per heavy atom. The fourth-order valence-corrected chi connectivity index (χ4v) is 5.81. The molecule has 3 heteroatoms. The molecule has 2 nitrogen and oxygen atoms in total. The van der Waals surface area contributed by atoms with Gasteiger partial charge in [0.05, 0.1) is 5.41 Å². The highest BCUT2D eigenvalue weighted by Crippen LogP contribution is 2.61. The zero-order valence-corrected chi connectivity index (χ0v) is 19.8. The molecule has 5 aromatic rings. The van der Waals surface area contributed by atoms with Crippen molar-refractivity contribution >= 4 is 15.9 Å². The van der Waals surface area contributed by atoms with E-state index in [-0.39, 0.29) is 0 Å². The summed E-state index contributed by atoms with van der Waals surface area (Å²) in [6.45, 7) is 0. The number of benzene rings is 5. The highest BCUT2D eigenvalue weighted by Gasteiger charge is 2.50. The molecular formula is C31H19BrO2. The first-order valence-corrected chi connectivity index (χ1v) is 12.1. The largest absolute Gasteiger partial charge is 0.457 e. The van der Waals surface area contributed by atoms with Crippen molar-refractivity contribution in [3.05, 3.63) is 142 Å². The minimum atomic E-state index is -0.580. The van der Waals surface area contributed by atoms with Gasteiger partial charge in [0.25, 0.3) is 0 Å². The number of hydrogen-bond acceptors (Lipinski definition) is 2. The highest BCUT2D eigenvalue weighted by molar-refractivity contribution is 9.10. The summed E-state index contributed by atoms with van der Waals surface area (Å²) in [5, 5.41) is 0. The van der Waals surface area contributed by atoms with Gasteiger partial charge in [-0.3, -0.25) is 0 Å². The molecule has 0 bridgehead atoms. The average molecular weight is 503 g/mol. The molecule has 2 aliphatic rings. The van der Waals surface area contributed by atoms with Gasteiger partial charge in [-0.1, -0.05) is 88.7 Å². The molecule has 0 radical (unpaired) electrons. The molecule has 2 aliphatic heterocycles. The first kappa shape index (κ1) is 19.6. The monoisotopic (exact) mass is 502 g/mol. The maximum Gasteiger partial charge on any atom is 0.132 e. The van der Waals surface area contributed by atoms with Crippen LogP contribution in [0.15, 0.2) is 120 Å². The smallest absolute Gasteiger partial charge is 0.132 e. The van der Waals surface area contributed by atoms with E-state index in [9.17, 15) is 0 Å². The Labute approximate surface area is 206 Å². The van der Waals surface area contributed by atoms with Crippen LogP contribution in [0.3, 0.4) is 0 Å². The van der Waals surface area contributed by atoms with Crippen molar-refractivity contribution in [2.45, 2.75) is 5.41 Å². The molecule has 0 aliphatic carbocycles. The number of halogens is 1. The maximum atomic E-state index is 6.50. The predicted octanol–water partition coefficient (Wildman–Crippen LogP) is 8.71. The van der Waals surface area contributed by atoms with Crippen LogP contribution in [0.2, 0.25) is 0 Å². The molecule has 0 saturated heterocycles. The fraction of sp³-hybridized carbons (Fsp3) is 0.0323. The summed E-state index contributed by atoms with van der Waals surface area (Å²) < 4.78 is 14.0. The molecule has 1 spiro atoms. The molecule has 2 heterocycles. The Morgan fingerprint density at radius 2 is 0.971 bits per heavy atom. The minimum absolute atomic E-state index is 0.580. The minimum Gasteiger partial charge on any atom is -0.457 e. The van der Waals surface area contributed by atoms with Gasteiger partial charge < -0.3 is 9.47 Å². The standard InChI is InChI=1S/C31H19BrO2/c32-22-15-17-30-26(19-22)31(24-11-5-7-13-28(24)34-30)23-10-4-6-12-27(23)33-29-16-14-21(18-25(29)31)20-8-2-1-3-9-20/h1-19H. The zero-order valence-electron chi connectivity index (χ0n) is 18.2. The lowest BCUT2D eigenvalue weighted by atomic mass is 9.62. The number of para-hydroxylation sites is 2. The molecule has 0 aromatic heterocycles. The summed E-state index contributed by atoms with van der Waals surface area (Å²) in [5.74, 6) is 3.45. The lowest BCUT2D eigenvalue weighted by Gasteiger charge is -2.45. The lowest BCUT2D eigenvalue weighted by molar-refractivity contribution is 0.399. The Bertz CT molecular complexity index is 1530. The van der Waals surface area contributed by atoms with Crippen molar-refractivity contribution in [3.63, 3.8) is 0 Å². The van der Waals surface area contributed by atoms with Gasteiger partial charge in [-0.05, 0) is 53.6 Å². The lowest BCUT2D eigenvalue weighted by Crippen LogP contribution is -2.36. The van der Waals surface area contributed by atoms with Crippen molar-refractivity contribution in [2.75, 3.05) is 0 Å². The molecule has 0 N–H and O–H groups in total. The number of ether oxygens (including phenoxy) is 2. The Morgan fingerprint density at radius 1 is 0.441 bits per heavy atom. The van der Waals surface area contributed by atoms with Crippen molar-refractivity contribution in [3.8, 4) is 34.1 Å². The van der Waals surface area contributed by atoms with E-state index < -0.39 is 5.41 Å². The number of fused-ring (bicyclic) bond motifs is 8. The molecule has 7 rings (SSSR count). The second-order valence-electron chi connectivity index (χ2n) is 8.66. The van der Waals surface area contributed by atoms with E-state index in [0.717, 1.165) is 55.3 Å². The summed E-state index contributed by atoms with van der Waals surface area (Å²) in [6, 6.07) is 40.0. The van der Waals surface area contributed by atoms with Gasteiger partial charge in [0.2, 0.25) is 0 Å². The molecule has 5 aromatic carbocycles. The van der Waals surface area contributed by atoms with E-state index >= 15 is 0 Å². The second kappa shape index (κ2) is 7.34. The first-order chi connectivity index (χ1) is 16.7. The SMILES string of the molecule is Brc1ccc2c(c1)C1(c3ccccc3O2)c2ccccc2Oc2ccc(-c3ccccc3)cc21.